The van der Waals surface area contributed by atoms with Crippen LogP contribution in [0.5, 0.6) is 0 Å². The summed E-state index contributed by atoms with van der Waals surface area (Å²) in [6.45, 7) is -0.331. The van der Waals surface area contributed by atoms with Gasteiger partial charge in [0.25, 0.3) is 0 Å². The number of hydrogen-bond donors (Lipinski definition) is 2. The molecule has 1 aromatic carbocycles. The average molecular weight is 287 g/mol. The van der Waals surface area contributed by atoms with E-state index in [1.54, 1.807) is 18.4 Å². The van der Waals surface area contributed by atoms with Crippen molar-refractivity contribution in [3.05, 3.63) is 53.7 Å². The van der Waals surface area contributed by atoms with Gasteiger partial charge in [-0.15, -0.1) is 0 Å². The number of aryl methyl sites for hydroxylation is 1. The molecular weight excluding hydrogens is 273 g/mol. The van der Waals surface area contributed by atoms with Gasteiger partial charge in [0.1, 0.15) is 18.2 Å². The Balaban J connectivity index is 2.02. The second-order valence-corrected chi connectivity index (χ2v) is 4.28. The van der Waals surface area contributed by atoms with Gasteiger partial charge in [-0.1, -0.05) is 11.8 Å². The molecule has 0 unspecified atom stereocenters. The van der Waals surface area contributed by atoms with Gasteiger partial charge in [0.05, 0.1) is 17.5 Å². The van der Waals surface area contributed by atoms with Gasteiger partial charge in [0, 0.05) is 12.8 Å². The number of hydrogen-bond acceptors (Lipinski definition) is 3. The van der Waals surface area contributed by atoms with Crippen molar-refractivity contribution in [2.24, 2.45) is 0 Å². The molecule has 2 N–H and O–H groups in total. The van der Waals surface area contributed by atoms with Crippen LogP contribution in [0.1, 0.15) is 17.7 Å². The molecule has 2 rings (SSSR count). The second kappa shape index (κ2) is 7.27. The number of carbonyl (C=O) groups is 1. The monoisotopic (exact) mass is 287 g/mol. The van der Waals surface area contributed by atoms with Crippen molar-refractivity contribution in [1.29, 1.82) is 0 Å². The molecule has 1 amide bonds. The highest BCUT2D eigenvalue weighted by atomic mass is 19.1. The fraction of sp³-hybridized carbons (Fsp3) is 0.188. The predicted octanol–water partition coefficient (Wildman–Crippen LogP) is 2.33. The van der Waals surface area contributed by atoms with Crippen molar-refractivity contribution in [1.82, 2.24) is 0 Å². The number of nitrogens with one attached hydrogen (secondary N) is 1. The lowest BCUT2D eigenvalue weighted by molar-refractivity contribution is -0.116. The largest absolute Gasteiger partial charge is 0.469 e. The number of furan rings is 1. The van der Waals surface area contributed by atoms with Gasteiger partial charge in [0.2, 0.25) is 5.91 Å². The van der Waals surface area contributed by atoms with E-state index in [-0.39, 0.29) is 18.9 Å². The van der Waals surface area contributed by atoms with E-state index in [1.165, 1.54) is 18.2 Å². The standard InChI is InChI=1S/C16H14FNO3/c17-13-5-7-15(12(11-13)3-1-9-19)18-16(20)8-6-14-4-2-10-21-14/h2,4-5,7,10-11,19H,6,8-9H2,(H,18,20). The van der Waals surface area contributed by atoms with Crippen molar-refractivity contribution >= 4 is 11.6 Å². The number of carbonyl (C=O) groups excluding carboxylic acids is 1. The summed E-state index contributed by atoms with van der Waals surface area (Å²) < 4.78 is 18.3. The van der Waals surface area contributed by atoms with Crippen LogP contribution < -0.4 is 5.32 Å². The maximum Gasteiger partial charge on any atom is 0.224 e. The minimum atomic E-state index is -0.453. The Labute approximate surface area is 121 Å². The van der Waals surface area contributed by atoms with Crippen molar-refractivity contribution in [3.8, 4) is 11.8 Å². The summed E-state index contributed by atoms with van der Waals surface area (Å²) in [6, 6.07) is 7.46. The van der Waals surface area contributed by atoms with E-state index in [0.29, 0.717) is 17.7 Å². The molecule has 4 nitrogen and oxygen atoms in total. The maximum atomic E-state index is 13.2. The van der Waals surface area contributed by atoms with Crippen LogP contribution in [-0.2, 0) is 11.2 Å². The number of anilines is 1. The molecule has 0 saturated heterocycles. The lowest BCUT2D eigenvalue weighted by atomic mass is 10.1. The van der Waals surface area contributed by atoms with Gasteiger partial charge in [-0.25, -0.2) is 4.39 Å². The Hall–Kier alpha value is -2.58. The van der Waals surface area contributed by atoms with Crippen LogP contribution in [0.4, 0.5) is 10.1 Å². The number of benzene rings is 1. The smallest absolute Gasteiger partial charge is 0.224 e. The van der Waals surface area contributed by atoms with Crippen LogP contribution in [0.2, 0.25) is 0 Å². The van der Waals surface area contributed by atoms with Gasteiger partial charge in [0.15, 0.2) is 0 Å². The normalized spacial score (nSPS) is 9.81. The summed E-state index contributed by atoms with van der Waals surface area (Å²) in [7, 11) is 0. The Morgan fingerprint density at radius 1 is 1.38 bits per heavy atom. The van der Waals surface area contributed by atoms with E-state index in [0.717, 1.165) is 5.76 Å². The minimum absolute atomic E-state index is 0.218. The Bertz CT molecular complexity index is 669. The first kappa shape index (κ1) is 14.8. The molecule has 0 aliphatic rings. The molecule has 21 heavy (non-hydrogen) atoms. The van der Waals surface area contributed by atoms with Crippen molar-refractivity contribution in [2.45, 2.75) is 12.8 Å². The predicted molar refractivity (Wildman–Crippen MR) is 76.0 cm³/mol. The Morgan fingerprint density at radius 2 is 2.24 bits per heavy atom. The summed E-state index contributed by atoms with van der Waals surface area (Å²) in [5.74, 6) is 5.09. The second-order valence-electron chi connectivity index (χ2n) is 4.28. The molecule has 0 fully saturated rings. The zero-order chi connectivity index (χ0) is 15.1. The quantitative estimate of drug-likeness (QED) is 0.848. The van der Waals surface area contributed by atoms with Crippen LogP contribution in [0, 0.1) is 17.7 Å². The molecular formula is C16H14FNO3. The SMILES string of the molecule is O=C(CCc1ccco1)Nc1ccc(F)cc1C#CCO. The third kappa shape index (κ3) is 4.48. The Morgan fingerprint density at radius 3 is 2.95 bits per heavy atom. The van der Waals surface area contributed by atoms with Gasteiger partial charge in [-0.2, -0.15) is 0 Å². The fourth-order valence-electron chi connectivity index (χ4n) is 1.77. The average Bonchev–Trinajstić information content (AvgIpc) is 2.98. The number of rotatable bonds is 4. The van der Waals surface area contributed by atoms with Gasteiger partial charge in [-0.3, -0.25) is 4.79 Å². The summed E-state index contributed by atoms with van der Waals surface area (Å²) in [5, 5.41) is 11.4. The highest BCUT2D eigenvalue weighted by molar-refractivity contribution is 5.92. The highest BCUT2D eigenvalue weighted by Gasteiger charge is 2.08. The lowest BCUT2D eigenvalue weighted by Gasteiger charge is -2.07. The molecule has 2 aromatic rings. The number of aliphatic hydroxyl groups excluding tert-OH is 1. The van der Waals surface area contributed by atoms with E-state index in [9.17, 15) is 9.18 Å². The fourth-order valence-corrected chi connectivity index (χ4v) is 1.77. The van der Waals surface area contributed by atoms with Crippen LogP contribution in [-0.4, -0.2) is 17.6 Å². The van der Waals surface area contributed by atoms with E-state index >= 15 is 0 Å². The van der Waals surface area contributed by atoms with Gasteiger partial charge >= 0.3 is 0 Å². The summed E-state index contributed by atoms with van der Waals surface area (Å²) in [4.78, 5) is 11.9. The van der Waals surface area contributed by atoms with Crippen molar-refractivity contribution in [2.75, 3.05) is 11.9 Å². The molecule has 0 aliphatic carbocycles. The van der Waals surface area contributed by atoms with E-state index < -0.39 is 5.82 Å². The zero-order valence-electron chi connectivity index (χ0n) is 11.2. The minimum Gasteiger partial charge on any atom is -0.469 e. The molecule has 1 heterocycles. The van der Waals surface area contributed by atoms with Gasteiger partial charge < -0.3 is 14.8 Å². The van der Waals surface area contributed by atoms with Crippen LogP contribution in [0.15, 0.2) is 41.0 Å². The topological polar surface area (TPSA) is 62.5 Å². The first-order valence-corrected chi connectivity index (χ1v) is 6.40. The molecule has 108 valence electrons. The highest BCUT2D eigenvalue weighted by Crippen LogP contribution is 2.16. The summed E-state index contributed by atoms with van der Waals surface area (Å²) in [6.07, 6.45) is 2.28. The number of halogens is 1. The molecule has 0 radical (unpaired) electrons. The molecule has 0 saturated carbocycles. The number of aliphatic hydroxyl groups is 1. The van der Waals surface area contributed by atoms with Crippen molar-refractivity contribution < 1.29 is 18.7 Å². The van der Waals surface area contributed by atoms with Crippen LogP contribution >= 0.6 is 0 Å². The molecule has 0 atom stereocenters. The first-order chi connectivity index (χ1) is 10.2. The molecule has 0 spiro atoms. The Kier molecular flexibility index (Phi) is 5.13. The van der Waals surface area contributed by atoms with Crippen LogP contribution in [0.25, 0.3) is 0 Å². The molecule has 0 aliphatic heterocycles. The van der Waals surface area contributed by atoms with E-state index in [2.05, 4.69) is 17.2 Å². The first-order valence-electron chi connectivity index (χ1n) is 6.40. The third-order valence-corrected chi connectivity index (χ3v) is 2.74. The van der Waals surface area contributed by atoms with Crippen LogP contribution in [0.3, 0.4) is 0 Å². The summed E-state index contributed by atoms with van der Waals surface area (Å²) in [5.41, 5.74) is 0.747. The van der Waals surface area contributed by atoms with E-state index in [1.807, 2.05) is 0 Å². The maximum absolute atomic E-state index is 13.2. The summed E-state index contributed by atoms with van der Waals surface area (Å²) >= 11 is 0. The lowest BCUT2D eigenvalue weighted by Crippen LogP contribution is -2.13. The molecule has 5 heteroatoms. The zero-order valence-corrected chi connectivity index (χ0v) is 11.2. The van der Waals surface area contributed by atoms with E-state index in [4.69, 9.17) is 9.52 Å². The number of amides is 1. The third-order valence-electron chi connectivity index (χ3n) is 2.74. The van der Waals surface area contributed by atoms with Crippen molar-refractivity contribution in [3.63, 3.8) is 0 Å². The molecule has 1 aromatic heterocycles. The van der Waals surface area contributed by atoms with Gasteiger partial charge in [-0.05, 0) is 30.3 Å². The molecule has 0 bridgehead atoms.